The molecule has 0 atom stereocenters. The number of hydrogen-bond acceptors (Lipinski definition) is 4. The fourth-order valence-electron chi connectivity index (χ4n) is 4.87. The van der Waals surface area contributed by atoms with E-state index in [9.17, 15) is 14.7 Å². The first-order valence-electron chi connectivity index (χ1n) is 13.1. The van der Waals surface area contributed by atoms with Crippen molar-refractivity contribution in [3.05, 3.63) is 101 Å². The molecule has 1 fully saturated rings. The molecule has 0 radical (unpaired) electrons. The first-order valence-corrected chi connectivity index (χ1v) is 13.1. The van der Waals surface area contributed by atoms with Crippen molar-refractivity contribution >= 4 is 22.8 Å². The third kappa shape index (κ3) is 6.06. The molecule has 0 bridgehead atoms. The maximum Gasteiger partial charge on any atom is 0.335 e. The second-order valence-corrected chi connectivity index (χ2v) is 9.56. The number of nitrogens with zero attached hydrogens (tertiary/aromatic N) is 2. The van der Waals surface area contributed by atoms with Crippen LogP contribution >= 0.6 is 0 Å². The van der Waals surface area contributed by atoms with Crippen LogP contribution in [0, 0.1) is 0 Å². The van der Waals surface area contributed by atoms with Crippen molar-refractivity contribution in [2.24, 2.45) is 0 Å². The van der Waals surface area contributed by atoms with Crippen LogP contribution in [-0.2, 0) is 24.3 Å². The number of rotatable bonds is 10. The van der Waals surface area contributed by atoms with Crippen LogP contribution in [-0.4, -0.2) is 52.8 Å². The van der Waals surface area contributed by atoms with Gasteiger partial charge in [-0.1, -0.05) is 42.5 Å². The summed E-state index contributed by atoms with van der Waals surface area (Å²) < 4.78 is 13.7. The molecule has 0 saturated carbocycles. The zero-order valence-electron chi connectivity index (χ0n) is 21.3. The number of hydrogen-bond donors (Lipinski definition) is 1. The van der Waals surface area contributed by atoms with Crippen LogP contribution < -0.4 is 4.74 Å². The van der Waals surface area contributed by atoms with Crippen LogP contribution in [0.2, 0.25) is 0 Å². The Morgan fingerprint density at radius 1 is 0.895 bits per heavy atom. The SMILES string of the molecule is O=C(O)c1cccc(CCCCn2cc(C(=O)N3CCOCC3)c3ccc(OCc4ccccc4)cc32)c1. The molecule has 0 unspecified atom stereocenters. The zero-order chi connectivity index (χ0) is 26.3. The normalized spacial score (nSPS) is 13.5. The highest BCUT2D eigenvalue weighted by molar-refractivity contribution is 6.07. The van der Waals surface area contributed by atoms with Crippen molar-refractivity contribution in [1.29, 1.82) is 0 Å². The summed E-state index contributed by atoms with van der Waals surface area (Å²) in [5.74, 6) is -0.120. The Bertz CT molecular complexity index is 1410. The monoisotopic (exact) mass is 512 g/mol. The number of carbonyl (C=O) groups excluding carboxylic acids is 1. The molecular weight excluding hydrogens is 480 g/mol. The van der Waals surface area contributed by atoms with Gasteiger partial charge >= 0.3 is 5.97 Å². The molecule has 4 aromatic rings. The highest BCUT2D eigenvalue weighted by Gasteiger charge is 2.23. The first-order chi connectivity index (χ1) is 18.6. The molecule has 7 heteroatoms. The summed E-state index contributed by atoms with van der Waals surface area (Å²) in [5.41, 5.74) is 4.10. The van der Waals surface area contributed by atoms with E-state index in [2.05, 4.69) is 4.57 Å². The minimum atomic E-state index is -0.909. The molecule has 1 N–H and O–H groups in total. The summed E-state index contributed by atoms with van der Waals surface area (Å²) in [6.07, 6.45) is 4.56. The molecule has 1 amide bonds. The molecule has 196 valence electrons. The number of ether oxygens (including phenoxy) is 2. The minimum absolute atomic E-state index is 0.0282. The number of morpholine rings is 1. The van der Waals surface area contributed by atoms with Gasteiger partial charge < -0.3 is 24.0 Å². The van der Waals surface area contributed by atoms with E-state index < -0.39 is 5.97 Å². The lowest BCUT2D eigenvalue weighted by Gasteiger charge is -2.26. The van der Waals surface area contributed by atoms with Crippen LogP contribution in [0.1, 0.15) is 44.7 Å². The Morgan fingerprint density at radius 3 is 2.47 bits per heavy atom. The molecule has 1 aliphatic heterocycles. The molecule has 3 aromatic carbocycles. The van der Waals surface area contributed by atoms with Crippen molar-refractivity contribution in [3.8, 4) is 5.75 Å². The molecule has 7 nitrogen and oxygen atoms in total. The quantitative estimate of drug-likeness (QED) is 0.287. The third-order valence-electron chi connectivity index (χ3n) is 6.92. The number of aromatic carboxylic acids is 1. The Balaban J connectivity index is 1.33. The lowest BCUT2D eigenvalue weighted by Crippen LogP contribution is -2.40. The van der Waals surface area contributed by atoms with E-state index in [0.717, 1.165) is 53.6 Å². The minimum Gasteiger partial charge on any atom is -0.489 e. The summed E-state index contributed by atoms with van der Waals surface area (Å²) in [5, 5.41) is 10.2. The molecule has 38 heavy (non-hydrogen) atoms. The summed E-state index contributed by atoms with van der Waals surface area (Å²) in [6.45, 7) is 3.53. The number of amides is 1. The van der Waals surface area contributed by atoms with Gasteiger partial charge in [0, 0.05) is 37.3 Å². The van der Waals surface area contributed by atoms with E-state index in [1.54, 1.807) is 18.2 Å². The Morgan fingerprint density at radius 2 is 1.68 bits per heavy atom. The Labute approximate surface area is 222 Å². The fraction of sp³-hybridized carbons (Fsp3) is 0.290. The third-order valence-corrected chi connectivity index (χ3v) is 6.92. The summed E-state index contributed by atoms with van der Waals surface area (Å²) in [7, 11) is 0. The number of carbonyl (C=O) groups is 2. The van der Waals surface area contributed by atoms with Crippen molar-refractivity contribution in [2.45, 2.75) is 32.4 Å². The van der Waals surface area contributed by atoms with Gasteiger partial charge in [0.25, 0.3) is 5.91 Å². The van der Waals surface area contributed by atoms with Gasteiger partial charge in [-0.05, 0) is 54.7 Å². The van der Waals surface area contributed by atoms with Crippen LogP contribution in [0.4, 0.5) is 0 Å². The second-order valence-electron chi connectivity index (χ2n) is 9.56. The zero-order valence-corrected chi connectivity index (χ0v) is 21.3. The topological polar surface area (TPSA) is 81.0 Å². The molecular formula is C31H32N2O5. The number of unbranched alkanes of at least 4 members (excludes halogenated alkanes) is 1. The maximum atomic E-state index is 13.4. The lowest BCUT2D eigenvalue weighted by molar-refractivity contribution is 0.0304. The molecule has 1 saturated heterocycles. The van der Waals surface area contributed by atoms with Gasteiger partial charge in [-0.3, -0.25) is 4.79 Å². The molecule has 5 rings (SSSR count). The van der Waals surface area contributed by atoms with Crippen molar-refractivity contribution in [2.75, 3.05) is 26.3 Å². The summed E-state index contributed by atoms with van der Waals surface area (Å²) >= 11 is 0. The van der Waals surface area contributed by atoms with E-state index in [1.165, 1.54) is 0 Å². The maximum absolute atomic E-state index is 13.4. The number of aryl methyl sites for hydroxylation is 2. The predicted molar refractivity (Wildman–Crippen MR) is 146 cm³/mol. The average molecular weight is 513 g/mol. The molecule has 0 aliphatic carbocycles. The van der Waals surface area contributed by atoms with Crippen molar-refractivity contribution in [3.63, 3.8) is 0 Å². The number of carboxylic acids is 1. The van der Waals surface area contributed by atoms with Crippen LogP contribution in [0.5, 0.6) is 5.75 Å². The molecule has 2 heterocycles. The largest absolute Gasteiger partial charge is 0.489 e. The van der Waals surface area contributed by atoms with Crippen LogP contribution in [0.3, 0.4) is 0 Å². The number of benzene rings is 3. The highest BCUT2D eigenvalue weighted by atomic mass is 16.5. The van der Waals surface area contributed by atoms with Gasteiger partial charge in [-0.15, -0.1) is 0 Å². The molecule has 1 aromatic heterocycles. The molecule has 0 spiro atoms. The fourth-order valence-corrected chi connectivity index (χ4v) is 4.87. The number of fused-ring (bicyclic) bond motifs is 1. The second kappa shape index (κ2) is 12.0. The summed E-state index contributed by atoms with van der Waals surface area (Å²) in [4.78, 5) is 26.5. The number of aromatic nitrogens is 1. The van der Waals surface area contributed by atoms with Gasteiger partial charge in [0.2, 0.25) is 0 Å². The van der Waals surface area contributed by atoms with E-state index in [0.29, 0.717) is 44.0 Å². The highest BCUT2D eigenvalue weighted by Crippen LogP contribution is 2.28. The van der Waals surface area contributed by atoms with E-state index in [4.69, 9.17) is 9.47 Å². The average Bonchev–Trinajstić information content (AvgIpc) is 3.32. The Hall–Kier alpha value is -4.10. The Kier molecular flexibility index (Phi) is 8.04. The van der Waals surface area contributed by atoms with E-state index in [-0.39, 0.29) is 5.91 Å². The first kappa shape index (κ1) is 25.5. The summed E-state index contributed by atoms with van der Waals surface area (Å²) in [6, 6.07) is 23.1. The van der Waals surface area contributed by atoms with Crippen molar-refractivity contribution < 1.29 is 24.2 Å². The van der Waals surface area contributed by atoms with Crippen LogP contribution in [0.15, 0.2) is 79.0 Å². The lowest BCUT2D eigenvalue weighted by atomic mass is 10.1. The van der Waals surface area contributed by atoms with Crippen LogP contribution in [0.25, 0.3) is 10.9 Å². The smallest absolute Gasteiger partial charge is 0.335 e. The predicted octanol–water partition coefficient (Wildman–Crippen LogP) is 5.41. The van der Waals surface area contributed by atoms with E-state index in [1.807, 2.05) is 65.7 Å². The van der Waals surface area contributed by atoms with E-state index >= 15 is 0 Å². The molecule has 1 aliphatic rings. The number of carboxylic acid groups (broad SMARTS) is 1. The van der Waals surface area contributed by atoms with Gasteiger partial charge in [0.05, 0.1) is 29.9 Å². The van der Waals surface area contributed by atoms with Gasteiger partial charge in [-0.2, -0.15) is 0 Å². The standard InChI is InChI=1S/C31H32N2O5/c34-30(32-15-17-37-18-16-32)28-21-33(14-5-4-7-23-10-6-11-25(19-23)31(35)36)29-20-26(12-13-27(28)29)38-22-24-8-2-1-3-9-24/h1-3,6,8-13,19-21H,4-5,7,14-18,22H2,(H,35,36). The van der Waals surface area contributed by atoms with Gasteiger partial charge in [-0.25, -0.2) is 4.79 Å². The van der Waals surface area contributed by atoms with Gasteiger partial charge in [0.15, 0.2) is 0 Å². The van der Waals surface area contributed by atoms with Gasteiger partial charge in [0.1, 0.15) is 12.4 Å². The van der Waals surface area contributed by atoms with Crippen molar-refractivity contribution in [1.82, 2.24) is 9.47 Å².